The highest BCUT2D eigenvalue weighted by Crippen LogP contribution is 2.29. The van der Waals surface area contributed by atoms with E-state index in [1.165, 1.54) is 11.3 Å². The number of primary amides is 1. The maximum Gasteiger partial charge on any atom is 0.348 e. The van der Waals surface area contributed by atoms with Gasteiger partial charge in [-0.2, -0.15) is 0 Å². The van der Waals surface area contributed by atoms with Gasteiger partial charge >= 0.3 is 5.97 Å². The van der Waals surface area contributed by atoms with Crippen molar-refractivity contribution in [1.82, 2.24) is 0 Å². The largest absolute Gasteiger partial charge is 0.451 e. The summed E-state index contributed by atoms with van der Waals surface area (Å²) in [5.41, 5.74) is 5.87. The lowest BCUT2D eigenvalue weighted by molar-refractivity contribution is -0.121. The van der Waals surface area contributed by atoms with Gasteiger partial charge < -0.3 is 10.5 Å². The third kappa shape index (κ3) is 3.56. The second kappa shape index (κ2) is 5.86. The van der Waals surface area contributed by atoms with E-state index in [9.17, 15) is 9.59 Å². The fraction of sp³-hybridized carbons (Fsp3) is 0.0769. The summed E-state index contributed by atoms with van der Waals surface area (Å²) in [6.07, 6.45) is 0. The summed E-state index contributed by atoms with van der Waals surface area (Å²) in [4.78, 5) is 23.5. The van der Waals surface area contributed by atoms with E-state index in [-0.39, 0.29) is 0 Å². The number of thiophene rings is 1. The van der Waals surface area contributed by atoms with Crippen molar-refractivity contribution in [2.45, 2.75) is 0 Å². The van der Waals surface area contributed by atoms with Crippen molar-refractivity contribution in [3.63, 3.8) is 0 Å². The predicted octanol–water partition coefficient (Wildman–Crippen LogP) is 2.71. The highest BCUT2D eigenvalue weighted by Gasteiger charge is 2.12. The molecule has 0 fully saturated rings. The predicted molar refractivity (Wildman–Crippen MR) is 74.2 cm³/mol. The van der Waals surface area contributed by atoms with Crippen molar-refractivity contribution >= 4 is 34.8 Å². The van der Waals surface area contributed by atoms with E-state index in [0.717, 1.165) is 10.4 Å². The van der Waals surface area contributed by atoms with Gasteiger partial charge in [0.2, 0.25) is 0 Å². The fourth-order valence-corrected chi connectivity index (χ4v) is 2.46. The highest BCUT2D eigenvalue weighted by atomic mass is 35.5. The lowest BCUT2D eigenvalue weighted by Gasteiger charge is -1.99. The van der Waals surface area contributed by atoms with Gasteiger partial charge in [-0.1, -0.05) is 23.7 Å². The average Bonchev–Trinajstić information content (AvgIpc) is 2.86. The first kappa shape index (κ1) is 13.6. The number of hydrogen-bond acceptors (Lipinski definition) is 4. The molecular weight excluding hydrogens is 286 g/mol. The molecule has 0 radical (unpaired) electrons. The van der Waals surface area contributed by atoms with Gasteiger partial charge in [0.15, 0.2) is 6.61 Å². The molecule has 1 aromatic heterocycles. The zero-order valence-corrected chi connectivity index (χ0v) is 11.3. The number of ether oxygens (including phenoxy) is 1. The van der Waals surface area contributed by atoms with Crippen LogP contribution in [0.25, 0.3) is 10.4 Å². The van der Waals surface area contributed by atoms with E-state index in [0.29, 0.717) is 9.90 Å². The van der Waals surface area contributed by atoms with Gasteiger partial charge in [0, 0.05) is 9.90 Å². The first-order valence-electron chi connectivity index (χ1n) is 5.37. The maximum absolute atomic E-state index is 11.6. The number of benzene rings is 1. The smallest absolute Gasteiger partial charge is 0.348 e. The first-order chi connectivity index (χ1) is 9.06. The second-order valence-corrected chi connectivity index (χ2v) is 5.23. The molecule has 0 saturated carbocycles. The molecule has 2 rings (SSSR count). The van der Waals surface area contributed by atoms with Gasteiger partial charge in [0.25, 0.3) is 5.91 Å². The summed E-state index contributed by atoms with van der Waals surface area (Å²) in [7, 11) is 0. The van der Waals surface area contributed by atoms with E-state index in [1.807, 2.05) is 18.2 Å². The SMILES string of the molecule is NC(=O)COC(=O)c1ccc(-c2ccc(Cl)cc2)s1. The monoisotopic (exact) mass is 295 g/mol. The standard InChI is InChI=1S/C13H10ClNO3S/c14-9-3-1-8(2-4-9)10-5-6-11(19-10)13(17)18-7-12(15)16/h1-6H,7H2,(H2,15,16). The lowest BCUT2D eigenvalue weighted by Crippen LogP contribution is -2.20. The Morgan fingerprint density at radius 1 is 1.16 bits per heavy atom. The van der Waals surface area contributed by atoms with Gasteiger partial charge in [-0.15, -0.1) is 11.3 Å². The van der Waals surface area contributed by atoms with Crippen LogP contribution in [0.2, 0.25) is 5.02 Å². The summed E-state index contributed by atoms with van der Waals surface area (Å²) in [6.45, 7) is -0.410. The number of amides is 1. The van der Waals surface area contributed by atoms with E-state index in [4.69, 9.17) is 22.1 Å². The summed E-state index contributed by atoms with van der Waals surface area (Å²) in [5, 5.41) is 0.654. The van der Waals surface area contributed by atoms with Crippen LogP contribution in [0.5, 0.6) is 0 Å². The van der Waals surface area contributed by atoms with Crippen molar-refractivity contribution in [1.29, 1.82) is 0 Å². The highest BCUT2D eigenvalue weighted by molar-refractivity contribution is 7.17. The van der Waals surface area contributed by atoms with Crippen molar-refractivity contribution in [2.75, 3.05) is 6.61 Å². The molecule has 0 unspecified atom stereocenters. The molecule has 2 N–H and O–H groups in total. The molecule has 0 aliphatic heterocycles. The fourth-order valence-electron chi connectivity index (χ4n) is 1.42. The molecule has 0 aliphatic rings. The number of nitrogens with two attached hydrogens (primary N) is 1. The number of carbonyl (C=O) groups excluding carboxylic acids is 2. The molecule has 1 heterocycles. The minimum absolute atomic E-state index is 0.410. The van der Waals surface area contributed by atoms with Gasteiger partial charge in [0.1, 0.15) is 4.88 Å². The van der Waals surface area contributed by atoms with Crippen molar-refractivity contribution < 1.29 is 14.3 Å². The van der Waals surface area contributed by atoms with Crippen LogP contribution >= 0.6 is 22.9 Å². The van der Waals surface area contributed by atoms with Crippen LogP contribution in [0.4, 0.5) is 0 Å². The molecular formula is C13H10ClNO3S. The minimum atomic E-state index is -0.678. The van der Waals surface area contributed by atoms with Gasteiger partial charge in [-0.25, -0.2) is 4.79 Å². The molecule has 1 amide bonds. The second-order valence-electron chi connectivity index (χ2n) is 3.71. The molecule has 1 aromatic carbocycles. The van der Waals surface area contributed by atoms with Crippen LogP contribution in [0.15, 0.2) is 36.4 Å². The van der Waals surface area contributed by atoms with Gasteiger partial charge in [-0.3, -0.25) is 4.79 Å². The maximum atomic E-state index is 11.6. The molecule has 6 heteroatoms. The van der Waals surface area contributed by atoms with Crippen LogP contribution in [0, 0.1) is 0 Å². The molecule has 0 bridgehead atoms. The quantitative estimate of drug-likeness (QED) is 0.882. The van der Waals surface area contributed by atoms with Crippen LogP contribution in [0.3, 0.4) is 0 Å². The van der Waals surface area contributed by atoms with Crippen LogP contribution < -0.4 is 5.73 Å². The van der Waals surface area contributed by atoms with Crippen molar-refractivity contribution in [3.8, 4) is 10.4 Å². The number of rotatable bonds is 4. The van der Waals surface area contributed by atoms with Crippen LogP contribution in [0.1, 0.15) is 9.67 Å². The van der Waals surface area contributed by atoms with E-state index in [1.54, 1.807) is 18.2 Å². The van der Waals surface area contributed by atoms with Crippen LogP contribution in [-0.4, -0.2) is 18.5 Å². The Kier molecular flexibility index (Phi) is 4.19. The van der Waals surface area contributed by atoms with Gasteiger partial charge in [0.05, 0.1) is 0 Å². The molecule has 0 spiro atoms. The zero-order valence-electron chi connectivity index (χ0n) is 9.76. The molecule has 98 valence electrons. The third-order valence-electron chi connectivity index (χ3n) is 2.28. The minimum Gasteiger partial charge on any atom is -0.451 e. The number of esters is 1. The van der Waals surface area contributed by atoms with Crippen molar-refractivity contribution in [3.05, 3.63) is 46.3 Å². The number of halogens is 1. The Labute approximate surface area is 118 Å². The number of carbonyl (C=O) groups is 2. The van der Waals surface area contributed by atoms with Crippen molar-refractivity contribution in [2.24, 2.45) is 5.73 Å². The molecule has 2 aromatic rings. The molecule has 19 heavy (non-hydrogen) atoms. The van der Waals surface area contributed by atoms with Crippen LogP contribution in [-0.2, 0) is 9.53 Å². The normalized spacial score (nSPS) is 10.2. The third-order valence-corrected chi connectivity index (χ3v) is 3.65. The Balaban J connectivity index is 2.12. The molecule has 0 atom stereocenters. The van der Waals surface area contributed by atoms with E-state index in [2.05, 4.69) is 0 Å². The Morgan fingerprint density at radius 2 is 1.84 bits per heavy atom. The van der Waals surface area contributed by atoms with E-state index < -0.39 is 18.5 Å². The topological polar surface area (TPSA) is 69.4 Å². The summed E-state index contributed by atoms with van der Waals surface area (Å²) in [5.74, 6) is -1.23. The van der Waals surface area contributed by atoms with Gasteiger partial charge in [-0.05, 0) is 29.8 Å². The first-order valence-corrected chi connectivity index (χ1v) is 6.57. The van der Waals surface area contributed by atoms with E-state index >= 15 is 0 Å². The Morgan fingerprint density at radius 3 is 2.47 bits per heavy atom. The summed E-state index contributed by atoms with van der Waals surface area (Å²) >= 11 is 7.09. The summed E-state index contributed by atoms with van der Waals surface area (Å²) in [6, 6.07) is 10.8. The lowest BCUT2D eigenvalue weighted by atomic mass is 10.2. The average molecular weight is 296 g/mol. The number of hydrogen-bond donors (Lipinski definition) is 1. The molecule has 0 aliphatic carbocycles. The Hall–Kier alpha value is -1.85. The molecule has 0 saturated heterocycles. The zero-order chi connectivity index (χ0) is 13.8. The Bertz CT molecular complexity index is 607. The summed E-state index contributed by atoms with van der Waals surface area (Å²) < 4.78 is 4.73. The molecule has 4 nitrogen and oxygen atoms in total.